The third-order valence-corrected chi connectivity index (χ3v) is 1.76. The first-order chi connectivity index (χ1) is 3.77. The zero-order valence-electron chi connectivity index (χ0n) is 5.44. The quantitative estimate of drug-likeness (QED) is 0.537. The van der Waals surface area contributed by atoms with Crippen LogP contribution >= 0.6 is 0 Å². The Balaban J connectivity index is 2.54. The standard InChI is InChI=1S/C6H12N2/c1-3-6(2)4-7-8-5-6/h4,8H,3,5H2,1-2H3. The summed E-state index contributed by atoms with van der Waals surface area (Å²) in [6, 6.07) is 0. The molecule has 1 atom stereocenters. The molecule has 46 valence electrons. The molecule has 2 heteroatoms. The van der Waals surface area contributed by atoms with Crippen LogP contribution in [0.25, 0.3) is 0 Å². The van der Waals surface area contributed by atoms with E-state index < -0.39 is 0 Å². The Hall–Kier alpha value is -0.530. The van der Waals surface area contributed by atoms with E-state index in [1.807, 2.05) is 6.21 Å². The van der Waals surface area contributed by atoms with Crippen molar-refractivity contribution < 1.29 is 0 Å². The maximum Gasteiger partial charge on any atom is 0.0433 e. The molecule has 2 nitrogen and oxygen atoms in total. The van der Waals surface area contributed by atoms with Gasteiger partial charge in [0.2, 0.25) is 0 Å². The average molecular weight is 112 g/mol. The smallest absolute Gasteiger partial charge is 0.0433 e. The van der Waals surface area contributed by atoms with E-state index in [1.54, 1.807) is 0 Å². The fourth-order valence-electron chi connectivity index (χ4n) is 0.690. The van der Waals surface area contributed by atoms with Crippen LogP contribution in [-0.4, -0.2) is 12.8 Å². The average Bonchev–Trinajstić information content (AvgIpc) is 2.17. The lowest BCUT2D eigenvalue weighted by Crippen LogP contribution is -2.21. The van der Waals surface area contributed by atoms with Crippen LogP contribution in [0, 0.1) is 5.41 Å². The van der Waals surface area contributed by atoms with Gasteiger partial charge in [0, 0.05) is 18.2 Å². The van der Waals surface area contributed by atoms with Crippen LogP contribution in [0.3, 0.4) is 0 Å². The molecule has 0 amide bonds. The molecule has 1 aliphatic heterocycles. The highest BCUT2D eigenvalue weighted by atomic mass is 15.3. The second kappa shape index (κ2) is 1.77. The van der Waals surface area contributed by atoms with Gasteiger partial charge in [-0.05, 0) is 6.42 Å². The van der Waals surface area contributed by atoms with Crippen molar-refractivity contribution >= 4 is 6.21 Å². The van der Waals surface area contributed by atoms with E-state index in [9.17, 15) is 0 Å². The summed E-state index contributed by atoms with van der Waals surface area (Å²) < 4.78 is 0. The highest BCUT2D eigenvalue weighted by Crippen LogP contribution is 2.19. The summed E-state index contributed by atoms with van der Waals surface area (Å²) in [6.45, 7) is 5.39. The van der Waals surface area contributed by atoms with Crippen molar-refractivity contribution in [3.63, 3.8) is 0 Å². The van der Waals surface area contributed by atoms with E-state index in [0.29, 0.717) is 5.41 Å². The summed E-state index contributed by atoms with van der Waals surface area (Å²) in [7, 11) is 0. The number of hydrogen-bond acceptors (Lipinski definition) is 2. The number of hydrogen-bond donors (Lipinski definition) is 1. The molecule has 8 heavy (non-hydrogen) atoms. The van der Waals surface area contributed by atoms with Crippen molar-refractivity contribution in [1.82, 2.24) is 5.43 Å². The Bertz CT molecular complexity index is 109. The minimum Gasteiger partial charge on any atom is -0.309 e. The van der Waals surface area contributed by atoms with Crippen molar-refractivity contribution in [2.75, 3.05) is 6.54 Å². The Labute approximate surface area is 50.0 Å². The number of nitrogens with zero attached hydrogens (tertiary/aromatic N) is 1. The van der Waals surface area contributed by atoms with Crippen LogP contribution in [0.2, 0.25) is 0 Å². The fraction of sp³-hybridized carbons (Fsp3) is 0.833. The first-order valence-corrected chi connectivity index (χ1v) is 3.04. The Morgan fingerprint density at radius 3 is 2.88 bits per heavy atom. The lowest BCUT2D eigenvalue weighted by Gasteiger charge is -2.14. The predicted molar refractivity (Wildman–Crippen MR) is 34.9 cm³/mol. The summed E-state index contributed by atoms with van der Waals surface area (Å²) in [5.41, 5.74) is 3.27. The Kier molecular flexibility index (Phi) is 1.24. The highest BCUT2D eigenvalue weighted by Gasteiger charge is 2.22. The Morgan fingerprint density at radius 2 is 2.62 bits per heavy atom. The van der Waals surface area contributed by atoms with Gasteiger partial charge in [-0.2, -0.15) is 5.10 Å². The first kappa shape index (κ1) is 5.60. The van der Waals surface area contributed by atoms with Gasteiger partial charge < -0.3 is 5.43 Å². The SMILES string of the molecule is CCC1(C)C=NNC1. The third-order valence-electron chi connectivity index (χ3n) is 1.76. The summed E-state index contributed by atoms with van der Waals surface area (Å²) >= 11 is 0. The van der Waals surface area contributed by atoms with E-state index in [0.717, 1.165) is 6.54 Å². The van der Waals surface area contributed by atoms with Crippen molar-refractivity contribution in [3.05, 3.63) is 0 Å². The zero-order chi connectivity index (χ0) is 6.04. The van der Waals surface area contributed by atoms with Crippen LogP contribution < -0.4 is 5.43 Å². The highest BCUT2D eigenvalue weighted by molar-refractivity contribution is 5.66. The number of nitrogens with one attached hydrogen (secondary N) is 1. The van der Waals surface area contributed by atoms with Gasteiger partial charge in [0.15, 0.2) is 0 Å². The second-order valence-corrected chi connectivity index (χ2v) is 2.60. The largest absolute Gasteiger partial charge is 0.309 e. The lowest BCUT2D eigenvalue weighted by molar-refractivity contribution is 0.462. The molecular weight excluding hydrogens is 100 g/mol. The van der Waals surface area contributed by atoms with Gasteiger partial charge in [0.05, 0.1) is 0 Å². The van der Waals surface area contributed by atoms with E-state index in [4.69, 9.17) is 0 Å². The molecular formula is C6H12N2. The molecule has 0 radical (unpaired) electrons. The maximum absolute atomic E-state index is 3.93. The van der Waals surface area contributed by atoms with Crippen molar-refractivity contribution in [2.45, 2.75) is 20.3 Å². The summed E-state index contributed by atoms with van der Waals surface area (Å²) in [6.07, 6.45) is 3.16. The van der Waals surface area contributed by atoms with Crippen LogP contribution in [0.4, 0.5) is 0 Å². The monoisotopic (exact) mass is 112 g/mol. The predicted octanol–water partition coefficient (Wildman–Crippen LogP) is 0.992. The molecule has 0 aliphatic carbocycles. The molecule has 1 rings (SSSR count). The van der Waals surface area contributed by atoms with Crippen LogP contribution in [0.1, 0.15) is 20.3 Å². The van der Waals surface area contributed by atoms with Crippen LogP contribution in [-0.2, 0) is 0 Å². The molecule has 0 aromatic heterocycles. The molecule has 0 fully saturated rings. The summed E-state index contributed by atoms with van der Waals surface area (Å²) in [5, 5.41) is 3.93. The molecule has 1 heterocycles. The molecule has 1 N–H and O–H groups in total. The van der Waals surface area contributed by atoms with Crippen molar-refractivity contribution in [1.29, 1.82) is 0 Å². The zero-order valence-corrected chi connectivity index (χ0v) is 5.44. The van der Waals surface area contributed by atoms with Gasteiger partial charge in [-0.25, -0.2) is 0 Å². The van der Waals surface area contributed by atoms with Crippen LogP contribution in [0.15, 0.2) is 5.10 Å². The molecule has 0 aromatic carbocycles. The van der Waals surface area contributed by atoms with Gasteiger partial charge in [0.1, 0.15) is 0 Å². The molecule has 0 saturated carbocycles. The Morgan fingerprint density at radius 1 is 1.88 bits per heavy atom. The van der Waals surface area contributed by atoms with E-state index >= 15 is 0 Å². The molecule has 0 aromatic rings. The van der Waals surface area contributed by atoms with Crippen LogP contribution in [0.5, 0.6) is 0 Å². The minimum absolute atomic E-state index is 0.333. The summed E-state index contributed by atoms with van der Waals surface area (Å²) in [5.74, 6) is 0. The third kappa shape index (κ3) is 0.831. The van der Waals surface area contributed by atoms with Gasteiger partial charge in [-0.1, -0.05) is 13.8 Å². The van der Waals surface area contributed by atoms with E-state index in [-0.39, 0.29) is 0 Å². The fourth-order valence-corrected chi connectivity index (χ4v) is 0.690. The lowest BCUT2D eigenvalue weighted by atomic mass is 9.90. The van der Waals surface area contributed by atoms with Crippen molar-refractivity contribution in [2.24, 2.45) is 10.5 Å². The molecule has 0 saturated heterocycles. The molecule has 0 bridgehead atoms. The van der Waals surface area contributed by atoms with Gasteiger partial charge >= 0.3 is 0 Å². The van der Waals surface area contributed by atoms with Gasteiger partial charge in [-0.15, -0.1) is 0 Å². The van der Waals surface area contributed by atoms with Gasteiger partial charge in [0.25, 0.3) is 0 Å². The molecule has 0 spiro atoms. The maximum atomic E-state index is 3.93. The van der Waals surface area contributed by atoms with Crippen molar-refractivity contribution in [3.8, 4) is 0 Å². The minimum atomic E-state index is 0.333. The second-order valence-electron chi connectivity index (χ2n) is 2.60. The number of rotatable bonds is 1. The molecule has 1 unspecified atom stereocenters. The van der Waals surface area contributed by atoms with E-state index in [1.165, 1.54) is 6.42 Å². The summed E-state index contributed by atoms with van der Waals surface area (Å²) in [4.78, 5) is 0. The first-order valence-electron chi connectivity index (χ1n) is 3.04. The topological polar surface area (TPSA) is 24.4 Å². The number of hydrazone groups is 1. The normalized spacial score (nSPS) is 35.2. The molecule has 1 aliphatic rings. The van der Waals surface area contributed by atoms with E-state index in [2.05, 4.69) is 24.4 Å². The van der Waals surface area contributed by atoms with Gasteiger partial charge in [-0.3, -0.25) is 0 Å².